The predicted molar refractivity (Wildman–Crippen MR) is 80.2 cm³/mol. The summed E-state index contributed by atoms with van der Waals surface area (Å²) in [6.07, 6.45) is 0. The number of halogens is 2. The van der Waals surface area contributed by atoms with Crippen molar-refractivity contribution in [3.05, 3.63) is 64.6 Å². The molecule has 1 unspecified atom stereocenters. The van der Waals surface area contributed by atoms with Crippen LogP contribution in [0.5, 0.6) is 5.75 Å². The van der Waals surface area contributed by atoms with Gasteiger partial charge in [0.2, 0.25) is 0 Å². The van der Waals surface area contributed by atoms with Crippen molar-refractivity contribution in [1.82, 2.24) is 0 Å². The molecule has 2 aromatic carbocycles. The van der Waals surface area contributed by atoms with Gasteiger partial charge >= 0.3 is 0 Å². The Bertz CT molecular complexity index is 800. The standard InChI is InChI=1S/C16H13ClFNO2/c1-20-14-7-9(2-4-12(14)18)16(19)15-8-10-6-11(17)3-5-13(10)21-15/h2-8,16H,19H2,1H3. The van der Waals surface area contributed by atoms with Gasteiger partial charge in [-0.05, 0) is 42.0 Å². The fourth-order valence-electron chi connectivity index (χ4n) is 2.22. The van der Waals surface area contributed by atoms with Crippen LogP contribution in [0, 0.1) is 5.82 Å². The van der Waals surface area contributed by atoms with Crippen molar-refractivity contribution in [3.8, 4) is 5.75 Å². The maximum Gasteiger partial charge on any atom is 0.165 e. The normalized spacial score (nSPS) is 12.6. The summed E-state index contributed by atoms with van der Waals surface area (Å²) in [5.74, 6) is 0.313. The summed E-state index contributed by atoms with van der Waals surface area (Å²) in [4.78, 5) is 0. The van der Waals surface area contributed by atoms with Crippen LogP contribution >= 0.6 is 11.6 Å². The Kier molecular flexibility index (Phi) is 3.57. The molecule has 0 bridgehead atoms. The van der Waals surface area contributed by atoms with Gasteiger partial charge in [-0.1, -0.05) is 17.7 Å². The van der Waals surface area contributed by atoms with E-state index in [9.17, 15) is 4.39 Å². The van der Waals surface area contributed by atoms with E-state index in [-0.39, 0.29) is 5.75 Å². The molecule has 5 heteroatoms. The van der Waals surface area contributed by atoms with Crippen LogP contribution in [0.3, 0.4) is 0 Å². The highest BCUT2D eigenvalue weighted by atomic mass is 35.5. The van der Waals surface area contributed by atoms with Crippen molar-refractivity contribution < 1.29 is 13.5 Å². The average molecular weight is 306 g/mol. The van der Waals surface area contributed by atoms with E-state index in [1.165, 1.54) is 13.2 Å². The molecule has 108 valence electrons. The van der Waals surface area contributed by atoms with E-state index in [0.717, 1.165) is 5.39 Å². The second kappa shape index (κ2) is 5.39. The van der Waals surface area contributed by atoms with Gasteiger partial charge in [0, 0.05) is 10.4 Å². The van der Waals surface area contributed by atoms with Gasteiger partial charge in [-0.15, -0.1) is 0 Å². The second-order valence-corrected chi connectivity index (χ2v) is 5.14. The van der Waals surface area contributed by atoms with E-state index >= 15 is 0 Å². The fraction of sp³-hybridized carbons (Fsp3) is 0.125. The molecule has 3 aromatic rings. The molecule has 0 aliphatic heterocycles. The van der Waals surface area contributed by atoms with Gasteiger partial charge < -0.3 is 14.9 Å². The second-order valence-electron chi connectivity index (χ2n) is 4.70. The van der Waals surface area contributed by atoms with E-state index in [4.69, 9.17) is 26.5 Å². The van der Waals surface area contributed by atoms with Crippen LogP contribution in [0.25, 0.3) is 11.0 Å². The van der Waals surface area contributed by atoms with Crippen LogP contribution < -0.4 is 10.5 Å². The molecular weight excluding hydrogens is 293 g/mol. The minimum Gasteiger partial charge on any atom is -0.494 e. The topological polar surface area (TPSA) is 48.4 Å². The largest absolute Gasteiger partial charge is 0.494 e. The third kappa shape index (κ3) is 2.60. The monoisotopic (exact) mass is 305 g/mol. The van der Waals surface area contributed by atoms with Crippen molar-refractivity contribution in [2.45, 2.75) is 6.04 Å². The van der Waals surface area contributed by atoms with Crippen LogP contribution in [0.4, 0.5) is 4.39 Å². The molecule has 1 atom stereocenters. The number of rotatable bonds is 3. The highest BCUT2D eigenvalue weighted by molar-refractivity contribution is 6.31. The number of hydrogen-bond acceptors (Lipinski definition) is 3. The minimum absolute atomic E-state index is 0.155. The molecule has 0 spiro atoms. The quantitative estimate of drug-likeness (QED) is 0.785. The molecule has 3 rings (SSSR count). The zero-order valence-electron chi connectivity index (χ0n) is 11.3. The minimum atomic E-state index is -0.509. The lowest BCUT2D eigenvalue weighted by Gasteiger charge is -2.11. The molecule has 0 amide bonds. The van der Waals surface area contributed by atoms with E-state index in [1.54, 1.807) is 24.3 Å². The molecule has 2 N–H and O–H groups in total. The van der Waals surface area contributed by atoms with Crippen molar-refractivity contribution in [3.63, 3.8) is 0 Å². The number of nitrogens with two attached hydrogens (primary N) is 1. The van der Waals surface area contributed by atoms with Gasteiger partial charge in [0.25, 0.3) is 0 Å². The molecule has 0 radical (unpaired) electrons. The molecule has 0 aliphatic rings. The molecule has 0 saturated carbocycles. The average Bonchev–Trinajstić information content (AvgIpc) is 2.90. The first kappa shape index (κ1) is 13.9. The molecule has 3 nitrogen and oxygen atoms in total. The number of furan rings is 1. The lowest BCUT2D eigenvalue weighted by atomic mass is 10.0. The molecule has 1 heterocycles. The maximum atomic E-state index is 13.4. The number of methoxy groups -OCH3 is 1. The number of benzene rings is 2. The number of ether oxygens (including phenoxy) is 1. The van der Waals surface area contributed by atoms with Crippen molar-refractivity contribution in [2.75, 3.05) is 7.11 Å². The highest BCUT2D eigenvalue weighted by Gasteiger charge is 2.16. The first-order valence-electron chi connectivity index (χ1n) is 6.36. The van der Waals surface area contributed by atoms with Gasteiger partial charge in [-0.3, -0.25) is 0 Å². The summed E-state index contributed by atoms with van der Waals surface area (Å²) in [7, 11) is 1.41. The smallest absolute Gasteiger partial charge is 0.165 e. The Morgan fingerprint density at radius 2 is 2.00 bits per heavy atom. The lowest BCUT2D eigenvalue weighted by Crippen LogP contribution is -2.11. The van der Waals surface area contributed by atoms with E-state index in [1.807, 2.05) is 12.1 Å². The zero-order chi connectivity index (χ0) is 15.0. The molecule has 0 saturated heterocycles. The Morgan fingerprint density at radius 3 is 2.76 bits per heavy atom. The highest BCUT2D eigenvalue weighted by Crippen LogP contribution is 2.30. The van der Waals surface area contributed by atoms with E-state index in [0.29, 0.717) is 21.9 Å². The fourth-order valence-corrected chi connectivity index (χ4v) is 2.40. The van der Waals surface area contributed by atoms with Crippen LogP contribution in [-0.2, 0) is 0 Å². The first-order chi connectivity index (χ1) is 10.1. The predicted octanol–water partition coefficient (Wildman–Crippen LogP) is 4.28. The van der Waals surface area contributed by atoms with Gasteiger partial charge in [-0.25, -0.2) is 4.39 Å². The summed E-state index contributed by atoms with van der Waals surface area (Å²) in [6.45, 7) is 0. The molecular formula is C16H13ClFNO2. The first-order valence-corrected chi connectivity index (χ1v) is 6.74. The van der Waals surface area contributed by atoms with Crippen LogP contribution in [0.1, 0.15) is 17.4 Å². The third-order valence-corrected chi connectivity index (χ3v) is 3.57. The number of hydrogen-bond donors (Lipinski definition) is 1. The summed E-state index contributed by atoms with van der Waals surface area (Å²) < 4.78 is 24.1. The SMILES string of the molecule is COc1cc(C(N)c2cc3cc(Cl)ccc3o2)ccc1F. The Labute approximate surface area is 126 Å². The number of fused-ring (bicyclic) bond motifs is 1. The van der Waals surface area contributed by atoms with Gasteiger partial charge in [0.15, 0.2) is 11.6 Å². The summed E-state index contributed by atoms with van der Waals surface area (Å²) >= 11 is 5.95. The van der Waals surface area contributed by atoms with Crippen LogP contribution in [0.15, 0.2) is 46.9 Å². The summed E-state index contributed by atoms with van der Waals surface area (Å²) in [5.41, 5.74) is 7.60. The summed E-state index contributed by atoms with van der Waals surface area (Å²) in [5, 5.41) is 1.51. The van der Waals surface area contributed by atoms with E-state index < -0.39 is 11.9 Å². The lowest BCUT2D eigenvalue weighted by molar-refractivity contribution is 0.385. The van der Waals surface area contributed by atoms with Gasteiger partial charge in [0.05, 0.1) is 13.2 Å². The molecule has 0 aliphatic carbocycles. The van der Waals surface area contributed by atoms with Gasteiger partial charge in [0.1, 0.15) is 11.3 Å². The third-order valence-electron chi connectivity index (χ3n) is 3.34. The van der Waals surface area contributed by atoms with Crippen LogP contribution in [0.2, 0.25) is 5.02 Å². The summed E-state index contributed by atoms with van der Waals surface area (Å²) in [6, 6.07) is 11.2. The van der Waals surface area contributed by atoms with Crippen molar-refractivity contribution in [2.24, 2.45) is 5.73 Å². The van der Waals surface area contributed by atoms with Crippen molar-refractivity contribution in [1.29, 1.82) is 0 Å². The van der Waals surface area contributed by atoms with Crippen LogP contribution in [-0.4, -0.2) is 7.11 Å². The molecule has 21 heavy (non-hydrogen) atoms. The zero-order valence-corrected chi connectivity index (χ0v) is 12.0. The Balaban J connectivity index is 2.01. The molecule has 1 aromatic heterocycles. The van der Waals surface area contributed by atoms with Crippen molar-refractivity contribution >= 4 is 22.6 Å². The molecule has 0 fully saturated rings. The Morgan fingerprint density at radius 1 is 1.19 bits per heavy atom. The Hall–Kier alpha value is -2.04. The maximum absolute atomic E-state index is 13.4. The van der Waals surface area contributed by atoms with E-state index in [2.05, 4.69) is 0 Å². The van der Waals surface area contributed by atoms with Gasteiger partial charge in [-0.2, -0.15) is 0 Å².